The van der Waals surface area contributed by atoms with Gasteiger partial charge in [-0.25, -0.2) is 4.79 Å². The van der Waals surface area contributed by atoms with E-state index in [1.54, 1.807) is 7.05 Å². The van der Waals surface area contributed by atoms with Crippen LogP contribution < -0.4 is 16.0 Å². The zero-order chi connectivity index (χ0) is 23.1. The number of aliphatic imine (C=N–C) groups is 1. The van der Waals surface area contributed by atoms with E-state index in [1.807, 2.05) is 51.7 Å². The lowest BCUT2D eigenvalue weighted by atomic mass is 10.1. The van der Waals surface area contributed by atoms with E-state index in [-0.39, 0.29) is 5.91 Å². The Morgan fingerprint density at radius 1 is 1.13 bits per heavy atom. The van der Waals surface area contributed by atoms with Gasteiger partial charge in [0.05, 0.1) is 5.54 Å². The molecule has 1 fully saturated rings. The first-order valence-electron chi connectivity index (χ1n) is 10.8. The molecule has 0 bridgehead atoms. The van der Waals surface area contributed by atoms with Gasteiger partial charge in [-0.05, 0) is 52.2 Å². The zero-order valence-corrected chi connectivity index (χ0v) is 19.7. The molecule has 172 valence electrons. The number of guanidine groups is 1. The van der Waals surface area contributed by atoms with Crippen molar-refractivity contribution in [3.63, 3.8) is 0 Å². The van der Waals surface area contributed by atoms with Crippen LogP contribution in [0.15, 0.2) is 29.3 Å². The second kappa shape index (κ2) is 10.5. The molecule has 31 heavy (non-hydrogen) atoms. The van der Waals surface area contributed by atoms with Crippen LogP contribution in [-0.4, -0.2) is 54.1 Å². The standard InChI is InChI=1S/C23H37N5O3/c1-22(2,3)31-21(30)27-23(4,5)16-26-20(24-6)25-14-17-10-7-8-11-18(17)15-28-13-9-12-19(28)29/h7-8,10-11H,9,12-16H2,1-6H3,(H,27,30)(H2,24,25,26). The molecular weight excluding hydrogens is 394 g/mol. The van der Waals surface area contributed by atoms with Gasteiger partial charge in [0, 0.05) is 39.6 Å². The van der Waals surface area contributed by atoms with Gasteiger partial charge < -0.3 is 25.6 Å². The molecular formula is C23H37N5O3. The Hall–Kier alpha value is -2.77. The van der Waals surface area contributed by atoms with E-state index in [1.165, 1.54) is 0 Å². The first-order valence-corrected chi connectivity index (χ1v) is 10.8. The number of benzene rings is 1. The van der Waals surface area contributed by atoms with Crippen molar-refractivity contribution in [3.8, 4) is 0 Å². The van der Waals surface area contributed by atoms with Crippen molar-refractivity contribution in [2.75, 3.05) is 20.1 Å². The van der Waals surface area contributed by atoms with Crippen LogP contribution in [-0.2, 0) is 22.6 Å². The highest BCUT2D eigenvalue weighted by Crippen LogP contribution is 2.17. The third-order valence-electron chi connectivity index (χ3n) is 4.86. The summed E-state index contributed by atoms with van der Waals surface area (Å²) in [5, 5.41) is 9.45. The lowest BCUT2D eigenvalue weighted by molar-refractivity contribution is -0.128. The summed E-state index contributed by atoms with van der Waals surface area (Å²) in [6.45, 7) is 11.8. The van der Waals surface area contributed by atoms with Crippen molar-refractivity contribution >= 4 is 18.0 Å². The number of carbonyl (C=O) groups is 2. The van der Waals surface area contributed by atoms with Crippen LogP contribution in [0.25, 0.3) is 0 Å². The Labute approximate surface area is 185 Å². The predicted molar refractivity (Wildman–Crippen MR) is 123 cm³/mol. The molecule has 0 radical (unpaired) electrons. The van der Waals surface area contributed by atoms with Gasteiger partial charge in [-0.1, -0.05) is 24.3 Å². The maximum absolute atomic E-state index is 12.1. The highest BCUT2D eigenvalue weighted by molar-refractivity contribution is 5.80. The van der Waals surface area contributed by atoms with E-state index in [2.05, 4.69) is 33.1 Å². The fraction of sp³-hybridized carbons (Fsp3) is 0.609. The highest BCUT2D eigenvalue weighted by Gasteiger charge is 2.25. The van der Waals surface area contributed by atoms with Crippen molar-refractivity contribution in [3.05, 3.63) is 35.4 Å². The maximum atomic E-state index is 12.1. The number of likely N-dealkylation sites (tertiary alicyclic amines) is 1. The minimum atomic E-state index is -0.543. The molecule has 8 nitrogen and oxygen atoms in total. The molecule has 1 heterocycles. The second-order valence-electron chi connectivity index (χ2n) is 9.48. The van der Waals surface area contributed by atoms with E-state index in [9.17, 15) is 9.59 Å². The quantitative estimate of drug-likeness (QED) is 0.456. The first kappa shape index (κ1) is 24.5. The van der Waals surface area contributed by atoms with Gasteiger partial charge in [0.2, 0.25) is 5.91 Å². The second-order valence-corrected chi connectivity index (χ2v) is 9.48. The van der Waals surface area contributed by atoms with Crippen LogP contribution in [0.5, 0.6) is 0 Å². The molecule has 8 heteroatoms. The zero-order valence-electron chi connectivity index (χ0n) is 19.7. The minimum absolute atomic E-state index is 0.222. The topological polar surface area (TPSA) is 95.1 Å². The summed E-state index contributed by atoms with van der Waals surface area (Å²) in [6, 6.07) is 8.12. The van der Waals surface area contributed by atoms with Crippen LogP contribution in [0.4, 0.5) is 4.79 Å². The largest absolute Gasteiger partial charge is 0.444 e. The van der Waals surface area contributed by atoms with E-state index in [0.717, 1.165) is 24.1 Å². The van der Waals surface area contributed by atoms with Gasteiger partial charge in [-0.3, -0.25) is 9.79 Å². The monoisotopic (exact) mass is 431 g/mol. The van der Waals surface area contributed by atoms with E-state index < -0.39 is 17.2 Å². The van der Waals surface area contributed by atoms with Crippen molar-refractivity contribution < 1.29 is 14.3 Å². The number of nitrogens with zero attached hydrogens (tertiary/aromatic N) is 2. The number of hydrogen-bond acceptors (Lipinski definition) is 4. The number of hydrogen-bond donors (Lipinski definition) is 3. The summed E-state index contributed by atoms with van der Waals surface area (Å²) in [5.41, 5.74) is 1.18. The summed E-state index contributed by atoms with van der Waals surface area (Å²) in [7, 11) is 1.71. The molecule has 3 N–H and O–H groups in total. The molecule has 1 aromatic carbocycles. The molecule has 0 spiro atoms. The SMILES string of the molecule is CN=C(NCc1ccccc1CN1CCCC1=O)NCC(C)(C)NC(=O)OC(C)(C)C. The molecule has 2 rings (SSSR count). The van der Waals surface area contributed by atoms with Crippen molar-refractivity contribution in [1.82, 2.24) is 20.9 Å². The van der Waals surface area contributed by atoms with E-state index in [0.29, 0.717) is 32.0 Å². The van der Waals surface area contributed by atoms with Gasteiger partial charge in [0.15, 0.2) is 5.96 Å². The van der Waals surface area contributed by atoms with Crippen LogP contribution in [0, 0.1) is 0 Å². The van der Waals surface area contributed by atoms with Gasteiger partial charge in [0.25, 0.3) is 0 Å². The Morgan fingerprint density at radius 2 is 1.81 bits per heavy atom. The smallest absolute Gasteiger partial charge is 0.408 e. The van der Waals surface area contributed by atoms with Crippen LogP contribution >= 0.6 is 0 Å². The Bertz CT molecular complexity index is 799. The summed E-state index contributed by atoms with van der Waals surface area (Å²) >= 11 is 0. The molecule has 2 amide bonds. The van der Waals surface area contributed by atoms with Gasteiger partial charge in [-0.2, -0.15) is 0 Å². The summed E-state index contributed by atoms with van der Waals surface area (Å²) in [4.78, 5) is 30.2. The molecule has 0 aliphatic carbocycles. The molecule has 1 aromatic rings. The van der Waals surface area contributed by atoms with Crippen LogP contribution in [0.2, 0.25) is 0 Å². The predicted octanol–water partition coefficient (Wildman–Crippen LogP) is 2.78. The number of rotatable bonds is 7. The average molecular weight is 432 g/mol. The van der Waals surface area contributed by atoms with Crippen molar-refractivity contribution in [2.45, 2.75) is 71.7 Å². The minimum Gasteiger partial charge on any atom is -0.444 e. The molecule has 1 aliphatic rings. The lowest BCUT2D eigenvalue weighted by Crippen LogP contribution is -2.54. The summed E-state index contributed by atoms with van der Waals surface area (Å²) < 4.78 is 5.34. The highest BCUT2D eigenvalue weighted by atomic mass is 16.6. The van der Waals surface area contributed by atoms with E-state index >= 15 is 0 Å². The number of amides is 2. The fourth-order valence-electron chi connectivity index (χ4n) is 3.29. The average Bonchev–Trinajstić information content (AvgIpc) is 3.05. The summed E-state index contributed by atoms with van der Waals surface area (Å²) in [5.74, 6) is 0.853. The maximum Gasteiger partial charge on any atom is 0.408 e. The third-order valence-corrected chi connectivity index (χ3v) is 4.86. The Morgan fingerprint density at radius 3 is 2.39 bits per heavy atom. The van der Waals surface area contributed by atoms with Crippen LogP contribution in [0.3, 0.4) is 0 Å². The van der Waals surface area contributed by atoms with Crippen molar-refractivity contribution in [1.29, 1.82) is 0 Å². The number of ether oxygens (including phenoxy) is 1. The first-order chi connectivity index (χ1) is 14.5. The van der Waals surface area contributed by atoms with Gasteiger partial charge in [-0.15, -0.1) is 0 Å². The third kappa shape index (κ3) is 8.47. The Kier molecular flexibility index (Phi) is 8.30. The Balaban J connectivity index is 1.88. The molecule has 0 aromatic heterocycles. The number of nitrogens with one attached hydrogen (secondary N) is 3. The molecule has 1 saturated heterocycles. The van der Waals surface area contributed by atoms with Gasteiger partial charge >= 0.3 is 6.09 Å². The number of carbonyl (C=O) groups excluding carboxylic acids is 2. The van der Waals surface area contributed by atoms with Crippen LogP contribution in [0.1, 0.15) is 58.6 Å². The molecule has 1 aliphatic heterocycles. The lowest BCUT2D eigenvalue weighted by Gasteiger charge is -2.29. The molecule has 0 unspecified atom stereocenters. The normalized spacial score (nSPS) is 15.1. The number of alkyl carbamates (subject to hydrolysis) is 1. The fourth-order valence-corrected chi connectivity index (χ4v) is 3.29. The van der Waals surface area contributed by atoms with Gasteiger partial charge in [0.1, 0.15) is 5.60 Å². The van der Waals surface area contributed by atoms with Crippen molar-refractivity contribution in [2.24, 2.45) is 4.99 Å². The summed E-state index contributed by atoms with van der Waals surface area (Å²) in [6.07, 6.45) is 1.13. The molecule has 0 saturated carbocycles. The molecule has 0 atom stereocenters. The van der Waals surface area contributed by atoms with E-state index in [4.69, 9.17) is 4.74 Å².